The zero-order chi connectivity index (χ0) is 18.1. The van der Waals surface area contributed by atoms with Crippen molar-refractivity contribution in [2.45, 2.75) is 4.21 Å². The van der Waals surface area contributed by atoms with Crippen molar-refractivity contribution in [3.63, 3.8) is 0 Å². The van der Waals surface area contributed by atoms with Gasteiger partial charge in [-0.15, -0.1) is 11.3 Å². The molecule has 1 saturated heterocycles. The quantitative estimate of drug-likeness (QED) is 0.683. The lowest BCUT2D eigenvalue weighted by Crippen LogP contribution is -2.48. The standard InChI is InChI=1S/C17H19N5O2S2/c1-20-15(5-7-19-20)14-12-17(25-13-14)26(23,24)22-10-8-21(9-11-22)16-4-2-3-6-18-16/h2-7,12-13H,8-11H2,1H3. The van der Waals surface area contributed by atoms with Crippen LogP contribution in [0.25, 0.3) is 11.3 Å². The van der Waals surface area contributed by atoms with E-state index in [1.165, 1.54) is 11.3 Å². The first-order valence-electron chi connectivity index (χ1n) is 8.29. The Bertz CT molecular complexity index is 989. The molecule has 9 heteroatoms. The summed E-state index contributed by atoms with van der Waals surface area (Å²) in [5.41, 5.74) is 1.78. The molecule has 26 heavy (non-hydrogen) atoms. The number of aryl methyl sites for hydroxylation is 1. The minimum Gasteiger partial charge on any atom is -0.354 e. The van der Waals surface area contributed by atoms with Crippen molar-refractivity contribution in [1.82, 2.24) is 19.1 Å². The second-order valence-corrected chi connectivity index (χ2v) is 9.15. The molecular formula is C17H19N5O2S2. The molecule has 0 bridgehead atoms. The van der Waals surface area contributed by atoms with E-state index in [9.17, 15) is 8.42 Å². The summed E-state index contributed by atoms with van der Waals surface area (Å²) in [4.78, 5) is 6.45. The largest absolute Gasteiger partial charge is 0.354 e. The molecule has 0 spiro atoms. The van der Waals surface area contributed by atoms with Crippen LogP contribution in [0.15, 0.2) is 52.3 Å². The van der Waals surface area contributed by atoms with Crippen LogP contribution in [0, 0.1) is 0 Å². The number of hydrogen-bond acceptors (Lipinski definition) is 6. The van der Waals surface area contributed by atoms with Gasteiger partial charge in [-0.3, -0.25) is 4.68 Å². The van der Waals surface area contributed by atoms with Crippen LogP contribution in [0.4, 0.5) is 5.82 Å². The molecule has 1 aliphatic heterocycles. The molecule has 0 saturated carbocycles. The molecule has 3 aromatic rings. The number of pyridine rings is 1. The van der Waals surface area contributed by atoms with Gasteiger partial charge in [-0.05, 0) is 24.3 Å². The molecule has 4 rings (SSSR count). The van der Waals surface area contributed by atoms with Gasteiger partial charge in [0, 0.05) is 56.6 Å². The first-order valence-corrected chi connectivity index (χ1v) is 10.6. The molecule has 136 valence electrons. The molecule has 4 heterocycles. The second-order valence-electron chi connectivity index (χ2n) is 6.07. The molecule has 0 aliphatic carbocycles. The predicted molar refractivity (Wildman–Crippen MR) is 102 cm³/mol. The van der Waals surface area contributed by atoms with E-state index in [0.29, 0.717) is 30.4 Å². The first-order chi connectivity index (χ1) is 12.6. The highest BCUT2D eigenvalue weighted by molar-refractivity contribution is 7.91. The maximum atomic E-state index is 13.0. The maximum absolute atomic E-state index is 13.0. The first kappa shape index (κ1) is 17.2. The fourth-order valence-corrected chi connectivity index (χ4v) is 5.82. The van der Waals surface area contributed by atoms with E-state index in [-0.39, 0.29) is 0 Å². The normalized spacial score (nSPS) is 16.1. The summed E-state index contributed by atoms with van der Waals surface area (Å²) in [5.74, 6) is 0.888. The average molecular weight is 390 g/mol. The van der Waals surface area contributed by atoms with E-state index in [1.807, 2.05) is 36.7 Å². The highest BCUT2D eigenvalue weighted by Crippen LogP contribution is 2.30. The van der Waals surface area contributed by atoms with Gasteiger partial charge in [-0.1, -0.05) is 6.07 Å². The van der Waals surface area contributed by atoms with Crippen LogP contribution in [0.2, 0.25) is 0 Å². The number of piperazine rings is 1. The molecule has 0 amide bonds. The molecule has 0 aromatic carbocycles. The minimum atomic E-state index is -3.48. The molecule has 7 nitrogen and oxygen atoms in total. The predicted octanol–water partition coefficient (Wildman–Crippen LogP) is 2.05. The van der Waals surface area contributed by atoms with Crippen molar-refractivity contribution in [2.24, 2.45) is 7.05 Å². The van der Waals surface area contributed by atoms with Gasteiger partial charge in [0.2, 0.25) is 0 Å². The molecule has 0 radical (unpaired) electrons. The summed E-state index contributed by atoms with van der Waals surface area (Å²) in [6.07, 6.45) is 3.46. The molecule has 3 aromatic heterocycles. The minimum absolute atomic E-state index is 0.375. The van der Waals surface area contributed by atoms with Crippen LogP contribution in [-0.2, 0) is 17.1 Å². The lowest BCUT2D eigenvalue weighted by atomic mass is 10.2. The van der Waals surface area contributed by atoms with Gasteiger partial charge in [0.05, 0.1) is 5.69 Å². The Morgan fingerprint density at radius 3 is 2.54 bits per heavy atom. The summed E-state index contributed by atoms with van der Waals surface area (Å²) in [7, 11) is -1.63. The Morgan fingerprint density at radius 2 is 1.88 bits per heavy atom. The van der Waals surface area contributed by atoms with Crippen LogP contribution < -0.4 is 4.90 Å². The van der Waals surface area contributed by atoms with E-state index < -0.39 is 10.0 Å². The van der Waals surface area contributed by atoms with Gasteiger partial charge in [0.1, 0.15) is 10.0 Å². The SMILES string of the molecule is Cn1nccc1-c1csc(S(=O)(=O)N2CCN(c3ccccn3)CC2)c1. The maximum Gasteiger partial charge on any atom is 0.252 e. The van der Waals surface area contributed by atoms with E-state index in [4.69, 9.17) is 0 Å². The highest BCUT2D eigenvalue weighted by atomic mass is 32.2. The number of hydrogen-bond donors (Lipinski definition) is 0. The Morgan fingerprint density at radius 1 is 1.08 bits per heavy atom. The molecule has 1 fully saturated rings. The van der Waals surface area contributed by atoms with Gasteiger partial charge in [0.15, 0.2) is 0 Å². The summed E-state index contributed by atoms with van der Waals surface area (Å²) < 4.78 is 29.6. The third-order valence-electron chi connectivity index (χ3n) is 4.50. The van der Waals surface area contributed by atoms with Crippen LogP contribution >= 0.6 is 11.3 Å². The molecule has 0 N–H and O–H groups in total. The van der Waals surface area contributed by atoms with E-state index in [1.54, 1.807) is 27.4 Å². The third-order valence-corrected chi connectivity index (χ3v) is 7.81. The van der Waals surface area contributed by atoms with Crippen LogP contribution in [0.3, 0.4) is 0 Å². The third kappa shape index (κ3) is 3.13. The lowest BCUT2D eigenvalue weighted by molar-refractivity contribution is 0.385. The van der Waals surface area contributed by atoms with E-state index >= 15 is 0 Å². The Balaban J connectivity index is 1.50. The smallest absolute Gasteiger partial charge is 0.252 e. The number of thiophene rings is 1. The zero-order valence-electron chi connectivity index (χ0n) is 14.3. The topological polar surface area (TPSA) is 71.3 Å². The van der Waals surface area contributed by atoms with Gasteiger partial charge < -0.3 is 4.90 Å². The van der Waals surface area contributed by atoms with E-state index in [2.05, 4.69) is 15.0 Å². The average Bonchev–Trinajstić information content (AvgIpc) is 3.32. The number of anilines is 1. The Hall–Kier alpha value is -2.23. The monoisotopic (exact) mass is 389 g/mol. The molecular weight excluding hydrogens is 370 g/mol. The van der Waals surface area contributed by atoms with Crippen molar-refractivity contribution >= 4 is 27.2 Å². The Kier molecular flexibility index (Phi) is 4.51. The molecule has 0 unspecified atom stereocenters. The number of sulfonamides is 1. The number of rotatable bonds is 4. The fraction of sp³-hybridized carbons (Fsp3) is 0.294. The van der Waals surface area contributed by atoms with Gasteiger partial charge in [-0.25, -0.2) is 13.4 Å². The molecule has 1 aliphatic rings. The Labute approximate surface area is 156 Å². The van der Waals surface area contributed by atoms with Crippen LogP contribution in [-0.4, -0.2) is 53.7 Å². The zero-order valence-corrected chi connectivity index (χ0v) is 15.9. The van der Waals surface area contributed by atoms with Crippen molar-refractivity contribution in [3.8, 4) is 11.3 Å². The van der Waals surface area contributed by atoms with Gasteiger partial charge in [0.25, 0.3) is 10.0 Å². The summed E-state index contributed by atoms with van der Waals surface area (Å²) in [6.45, 7) is 2.18. The van der Waals surface area contributed by atoms with Crippen molar-refractivity contribution in [2.75, 3.05) is 31.1 Å². The van der Waals surface area contributed by atoms with E-state index in [0.717, 1.165) is 17.1 Å². The van der Waals surface area contributed by atoms with Crippen molar-refractivity contribution in [3.05, 3.63) is 48.1 Å². The van der Waals surface area contributed by atoms with Gasteiger partial charge >= 0.3 is 0 Å². The summed E-state index contributed by atoms with van der Waals surface area (Å²) in [5, 5.41) is 6.01. The summed E-state index contributed by atoms with van der Waals surface area (Å²) in [6, 6.07) is 9.38. The second kappa shape index (κ2) is 6.82. The van der Waals surface area contributed by atoms with Crippen LogP contribution in [0.5, 0.6) is 0 Å². The van der Waals surface area contributed by atoms with Gasteiger partial charge in [-0.2, -0.15) is 9.40 Å². The highest BCUT2D eigenvalue weighted by Gasteiger charge is 2.30. The van der Waals surface area contributed by atoms with Crippen molar-refractivity contribution in [1.29, 1.82) is 0 Å². The molecule has 0 atom stereocenters. The number of aromatic nitrogens is 3. The van der Waals surface area contributed by atoms with Crippen LogP contribution in [0.1, 0.15) is 0 Å². The summed E-state index contributed by atoms with van der Waals surface area (Å²) >= 11 is 1.26. The number of nitrogens with zero attached hydrogens (tertiary/aromatic N) is 5. The lowest BCUT2D eigenvalue weighted by Gasteiger charge is -2.34. The fourth-order valence-electron chi connectivity index (χ4n) is 3.07. The van der Waals surface area contributed by atoms with Crippen molar-refractivity contribution < 1.29 is 8.42 Å².